The first kappa shape index (κ1) is 25.2. The number of benzene rings is 2. The van der Waals surface area contributed by atoms with E-state index >= 15 is 0 Å². The van der Waals surface area contributed by atoms with Crippen LogP contribution in [0.25, 0.3) is 0 Å². The summed E-state index contributed by atoms with van der Waals surface area (Å²) in [5, 5.41) is 12.9. The molecule has 4 rings (SSSR count). The van der Waals surface area contributed by atoms with Crippen molar-refractivity contribution >= 4 is 23.5 Å². The van der Waals surface area contributed by atoms with Crippen molar-refractivity contribution in [1.29, 1.82) is 0 Å². The van der Waals surface area contributed by atoms with Crippen LogP contribution in [-0.4, -0.2) is 74.3 Å². The summed E-state index contributed by atoms with van der Waals surface area (Å²) < 4.78 is 16.0. The summed E-state index contributed by atoms with van der Waals surface area (Å²) in [6.07, 6.45) is 0. The van der Waals surface area contributed by atoms with Crippen molar-refractivity contribution < 1.29 is 28.9 Å². The first-order valence-corrected chi connectivity index (χ1v) is 12.1. The Morgan fingerprint density at radius 3 is 2.53 bits per heavy atom. The van der Waals surface area contributed by atoms with Gasteiger partial charge in [0.05, 0.1) is 20.3 Å². The maximum absolute atomic E-state index is 13.2. The molecule has 2 atom stereocenters. The first-order valence-electron chi connectivity index (χ1n) is 12.1. The topological polar surface area (TPSA) is 113 Å². The van der Waals surface area contributed by atoms with E-state index in [1.807, 2.05) is 36.1 Å². The highest BCUT2D eigenvalue weighted by Gasteiger charge is 2.42. The third kappa shape index (κ3) is 5.32. The van der Waals surface area contributed by atoms with E-state index in [4.69, 9.17) is 19.2 Å². The van der Waals surface area contributed by atoms with Crippen molar-refractivity contribution in [1.82, 2.24) is 10.2 Å². The molecule has 2 aliphatic rings. The molecule has 10 nitrogen and oxygen atoms in total. The van der Waals surface area contributed by atoms with Gasteiger partial charge in [0.1, 0.15) is 11.8 Å². The van der Waals surface area contributed by atoms with Gasteiger partial charge in [-0.3, -0.25) is 14.9 Å². The number of guanidine groups is 1. The Bertz CT molecular complexity index is 1130. The summed E-state index contributed by atoms with van der Waals surface area (Å²) in [6.45, 7) is 6.72. The van der Waals surface area contributed by atoms with Gasteiger partial charge in [-0.15, -0.1) is 0 Å². The number of methoxy groups -OCH3 is 1. The monoisotopic (exact) mass is 496 g/mol. The number of ether oxygens (including phenoxy) is 3. The summed E-state index contributed by atoms with van der Waals surface area (Å²) >= 11 is 0. The highest BCUT2D eigenvalue weighted by Crippen LogP contribution is 2.36. The molecule has 2 aromatic rings. The molecule has 2 aromatic carbocycles. The van der Waals surface area contributed by atoms with E-state index in [1.54, 1.807) is 26.2 Å². The molecule has 1 saturated heterocycles. The number of carbonyl (C=O) groups is 2. The van der Waals surface area contributed by atoms with E-state index in [-0.39, 0.29) is 18.1 Å². The number of rotatable bonds is 7. The van der Waals surface area contributed by atoms with Gasteiger partial charge in [-0.1, -0.05) is 12.1 Å². The summed E-state index contributed by atoms with van der Waals surface area (Å²) in [5.41, 5.74) is 1.65. The van der Waals surface area contributed by atoms with E-state index in [0.717, 1.165) is 24.5 Å². The molecule has 2 heterocycles. The molecule has 0 radical (unpaired) electrons. The van der Waals surface area contributed by atoms with Gasteiger partial charge >= 0.3 is 5.97 Å². The number of phenols is 1. The molecule has 1 amide bonds. The van der Waals surface area contributed by atoms with E-state index in [2.05, 4.69) is 10.2 Å². The van der Waals surface area contributed by atoms with Crippen molar-refractivity contribution in [2.75, 3.05) is 51.4 Å². The normalized spacial score (nSPS) is 19.9. The molecule has 1 fully saturated rings. The zero-order chi connectivity index (χ0) is 25.7. The lowest BCUT2D eigenvalue weighted by Crippen LogP contribution is -2.57. The number of nitrogens with zero attached hydrogens (tertiary/aromatic N) is 3. The lowest BCUT2D eigenvalue weighted by Gasteiger charge is -2.39. The minimum atomic E-state index is -1.15. The highest BCUT2D eigenvalue weighted by molar-refractivity contribution is 6.08. The number of amides is 1. The zero-order valence-electron chi connectivity index (χ0n) is 20.8. The van der Waals surface area contributed by atoms with Gasteiger partial charge < -0.3 is 29.1 Å². The van der Waals surface area contributed by atoms with Crippen molar-refractivity contribution in [3.63, 3.8) is 0 Å². The van der Waals surface area contributed by atoms with Crippen LogP contribution in [0.1, 0.15) is 25.5 Å². The number of carbonyl (C=O) groups excluding carboxylic acids is 2. The molecule has 0 bridgehead atoms. The zero-order valence-corrected chi connectivity index (χ0v) is 20.8. The lowest BCUT2D eigenvalue weighted by atomic mass is 9.91. The quantitative estimate of drug-likeness (QED) is 0.444. The van der Waals surface area contributed by atoms with Crippen LogP contribution in [0.3, 0.4) is 0 Å². The van der Waals surface area contributed by atoms with Gasteiger partial charge in [0, 0.05) is 37.9 Å². The summed E-state index contributed by atoms with van der Waals surface area (Å²) in [6, 6.07) is 11.8. The first-order chi connectivity index (χ1) is 17.4. The standard InChI is InChI=1S/C26H32N4O6/c1-4-35-21-15-17(9-10-20(21)31)23-22(25(33)36-5-2)24(32)28-26(27-23)30-13-11-29(12-14-30)18-7-6-8-19(16-18)34-3/h6-10,15-16,22-23,31H,4-5,11-14H2,1-3H3,(H,27,28,32)/t22-,23+/m1/s1. The number of piperazine rings is 1. The number of phenolic OH excluding ortho intramolecular Hbond substituents is 1. The fourth-order valence-electron chi connectivity index (χ4n) is 4.43. The van der Waals surface area contributed by atoms with Crippen LogP contribution in [0.5, 0.6) is 17.2 Å². The second-order valence-electron chi connectivity index (χ2n) is 8.45. The summed E-state index contributed by atoms with van der Waals surface area (Å²) in [5.74, 6) is -0.792. The van der Waals surface area contributed by atoms with Gasteiger partial charge in [0.2, 0.25) is 11.9 Å². The number of hydrogen-bond acceptors (Lipinski definition) is 9. The lowest BCUT2D eigenvalue weighted by molar-refractivity contribution is -0.153. The average molecular weight is 497 g/mol. The SMILES string of the molecule is CCOC(=O)[C@H]1C(=O)NC(N2CCN(c3cccc(OC)c3)CC2)=N[C@H]1c1ccc(O)c(OCC)c1. The second-order valence-corrected chi connectivity index (χ2v) is 8.45. The fraction of sp³-hybridized carbons (Fsp3) is 0.423. The van der Waals surface area contributed by atoms with Crippen LogP contribution in [0.15, 0.2) is 47.5 Å². The molecule has 36 heavy (non-hydrogen) atoms. The van der Waals surface area contributed by atoms with Gasteiger partial charge in [0.25, 0.3) is 0 Å². The van der Waals surface area contributed by atoms with Gasteiger partial charge in [-0.2, -0.15) is 0 Å². The van der Waals surface area contributed by atoms with Crippen LogP contribution in [0.2, 0.25) is 0 Å². The Hall–Kier alpha value is -3.95. The van der Waals surface area contributed by atoms with Crippen LogP contribution in [-0.2, 0) is 14.3 Å². The molecular formula is C26H32N4O6. The van der Waals surface area contributed by atoms with Crippen molar-refractivity contribution in [3.05, 3.63) is 48.0 Å². The average Bonchev–Trinajstić information content (AvgIpc) is 2.90. The smallest absolute Gasteiger partial charge is 0.321 e. The third-order valence-corrected chi connectivity index (χ3v) is 6.26. The van der Waals surface area contributed by atoms with Crippen molar-refractivity contribution in [2.24, 2.45) is 10.9 Å². The number of aromatic hydroxyl groups is 1. The number of hydrogen-bond donors (Lipinski definition) is 2. The van der Waals surface area contributed by atoms with E-state index in [9.17, 15) is 14.7 Å². The van der Waals surface area contributed by atoms with E-state index in [1.165, 1.54) is 6.07 Å². The Morgan fingerprint density at radius 1 is 1.08 bits per heavy atom. The minimum Gasteiger partial charge on any atom is -0.504 e. The predicted molar refractivity (Wildman–Crippen MR) is 134 cm³/mol. The molecule has 2 aliphatic heterocycles. The van der Waals surface area contributed by atoms with E-state index in [0.29, 0.717) is 31.2 Å². The summed E-state index contributed by atoms with van der Waals surface area (Å²) in [4.78, 5) is 35.0. The number of aliphatic imine (C=N–C) groups is 1. The van der Waals surface area contributed by atoms with Crippen molar-refractivity contribution in [3.8, 4) is 17.2 Å². The van der Waals surface area contributed by atoms with Crippen LogP contribution < -0.4 is 19.7 Å². The maximum atomic E-state index is 13.2. The molecule has 10 heteroatoms. The minimum absolute atomic E-state index is 0.0218. The fourth-order valence-corrected chi connectivity index (χ4v) is 4.43. The van der Waals surface area contributed by atoms with Gasteiger partial charge in [0.15, 0.2) is 17.4 Å². The maximum Gasteiger partial charge on any atom is 0.321 e. The number of nitrogens with one attached hydrogen (secondary N) is 1. The molecule has 0 spiro atoms. The Morgan fingerprint density at radius 2 is 1.83 bits per heavy atom. The van der Waals surface area contributed by atoms with Crippen LogP contribution in [0, 0.1) is 5.92 Å². The molecule has 0 aromatic heterocycles. The Kier molecular flexibility index (Phi) is 7.82. The third-order valence-electron chi connectivity index (χ3n) is 6.26. The van der Waals surface area contributed by atoms with Crippen molar-refractivity contribution in [2.45, 2.75) is 19.9 Å². The van der Waals surface area contributed by atoms with Crippen LogP contribution >= 0.6 is 0 Å². The number of esters is 1. The molecular weight excluding hydrogens is 464 g/mol. The number of anilines is 1. The highest BCUT2D eigenvalue weighted by atomic mass is 16.5. The van der Waals surface area contributed by atoms with Gasteiger partial charge in [-0.25, -0.2) is 4.99 Å². The summed E-state index contributed by atoms with van der Waals surface area (Å²) in [7, 11) is 1.65. The predicted octanol–water partition coefficient (Wildman–Crippen LogP) is 2.33. The Labute approximate surface area is 210 Å². The molecule has 2 N–H and O–H groups in total. The molecule has 0 saturated carbocycles. The van der Waals surface area contributed by atoms with Gasteiger partial charge in [-0.05, 0) is 43.7 Å². The molecule has 0 aliphatic carbocycles. The van der Waals surface area contributed by atoms with E-state index < -0.39 is 23.8 Å². The largest absolute Gasteiger partial charge is 0.504 e. The molecule has 0 unspecified atom stereocenters. The second kappa shape index (κ2) is 11.2. The van der Waals surface area contributed by atoms with Crippen LogP contribution in [0.4, 0.5) is 5.69 Å². The molecule has 192 valence electrons. The Balaban J connectivity index is 1.59.